The number of carbonyl (C=O) groups excluding carboxylic acids is 2. The van der Waals surface area contributed by atoms with Gasteiger partial charge in [0.1, 0.15) is 17.3 Å². The molecule has 27 heavy (non-hydrogen) atoms. The van der Waals surface area contributed by atoms with Crippen LogP contribution in [-0.4, -0.2) is 29.9 Å². The van der Waals surface area contributed by atoms with Gasteiger partial charge in [0.15, 0.2) is 6.61 Å². The van der Waals surface area contributed by atoms with E-state index in [1.165, 1.54) is 23.5 Å². The van der Waals surface area contributed by atoms with E-state index in [4.69, 9.17) is 16.3 Å². The number of hydrogen-bond donors (Lipinski definition) is 2. The molecule has 2 N–H and O–H groups in total. The maximum absolute atomic E-state index is 13.3. The summed E-state index contributed by atoms with van der Waals surface area (Å²) in [5, 5.41) is 7.87. The lowest BCUT2D eigenvalue weighted by molar-refractivity contribution is -0.122. The minimum Gasteiger partial charge on any atom is -0.484 e. The number of benzene rings is 1. The van der Waals surface area contributed by atoms with Crippen LogP contribution in [0, 0.1) is 5.82 Å². The Bertz CT molecular complexity index is 841. The number of aryl methyl sites for hydroxylation is 1. The number of ether oxygens (including phenoxy) is 1. The van der Waals surface area contributed by atoms with Crippen molar-refractivity contribution in [2.45, 2.75) is 19.8 Å². The predicted molar refractivity (Wildman–Crippen MR) is 103 cm³/mol. The van der Waals surface area contributed by atoms with Crippen molar-refractivity contribution >= 4 is 34.8 Å². The number of amides is 2. The van der Waals surface area contributed by atoms with Crippen molar-refractivity contribution in [3.63, 3.8) is 0 Å². The molecule has 9 heteroatoms. The fourth-order valence-corrected chi connectivity index (χ4v) is 2.85. The second-order valence-corrected chi connectivity index (χ2v) is 6.85. The second-order valence-electron chi connectivity index (χ2n) is 5.50. The lowest BCUT2D eigenvalue weighted by Crippen LogP contribution is -2.31. The topological polar surface area (TPSA) is 80.3 Å². The minimum atomic E-state index is -0.624. The summed E-state index contributed by atoms with van der Waals surface area (Å²) in [5.41, 5.74) is 0.814. The number of carbonyl (C=O) groups is 2. The average molecular weight is 412 g/mol. The fraction of sp³-hybridized carbons (Fsp3) is 0.278. The molecule has 0 aliphatic heterocycles. The van der Waals surface area contributed by atoms with E-state index in [1.54, 1.807) is 5.38 Å². The molecule has 0 saturated heterocycles. The van der Waals surface area contributed by atoms with Gasteiger partial charge in [-0.2, -0.15) is 0 Å². The van der Waals surface area contributed by atoms with Crippen LogP contribution in [0.2, 0.25) is 5.02 Å². The van der Waals surface area contributed by atoms with Gasteiger partial charge in [-0.05, 0) is 18.6 Å². The molecule has 0 spiro atoms. The minimum absolute atomic E-state index is 0.0224. The van der Waals surface area contributed by atoms with Crippen LogP contribution in [0.15, 0.2) is 35.9 Å². The normalized spacial score (nSPS) is 10.3. The van der Waals surface area contributed by atoms with Crippen LogP contribution in [0.3, 0.4) is 0 Å². The van der Waals surface area contributed by atoms with E-state index in [9.17, 15) is 14.0 Å². The smallest absolute Gasteiger partial charge is 0.270 e. The third kappa shape index (κ3) is 6.65. The van der Waals surface area contributed by atoms with Gasteiger partial charge in [-0.3, -0.25) is 9.59 Å². The van der Waals surface area contributed by atoms with Gasteiger partial charge >= 0.3 is 0 Å². The summed E-state index contributed by atoms with van der Waals surface area (Å²) in [5.74, 6) is -1.13. The number of hydrogen-bond acceptors (Lipinski definition) is 5. The molecular formula is C18H19ClFN3O3S. The number of nitrogens with one attached hydrogen (secondary N) is 2. The van der Waals surface area contributed by atoms with E-state index in [1.807, 2.05) is 6.92 Å². The molecule has 0 unspecified atom stereocenters. The highest BCUT2D eigenvalue weighted by molar-refractivity contribution is 7.09. The summed E-state index contributed by atoms with van der Waals surface area (Å²) in [4.78, 5) is 28.0. The first-order valence-electron chi connectivity index (χ1n) is 8.17. The SMILES string of the molecule is C=C(CCNC(=O)c1csc(CC)n1)NC(=O)COc1ccc(Cl)c(F)c1. The third-order valence-corrected chi connectivity index (χ3v) is 4.68. The average Bonchev–Trinajstić information content (AvgIpc) is 3.12. The van der Waals surface area contributed by atoms with Crippen molar-refractivity contribution in [2.75, 3.05) is 13.2 Å². The Hall–Kier alpha value is -2.45. The monoisotopic (exact) mass is 411 g/mol. The van der Waals surface area contributed by atoms with Crippen LogP contribution in [0.25, 0.3) is 0 Å². The number of thiazole rings is 1. The maximum Gasteiger partial charge on any atom is 0.270 e. The molecule has 1 heterocycles. The molecule has 0 atom stereocenters. The van der Waals surface area contributed by atoms with E-state index in [2.05, 4.69) is 22.2 Å². The van der Waals surface area contributed by atoms with Crippen LogP contribution in [0.1, 0.15) is 28.8 Å². The molecular weight excluding hydrogens is 393 g/mol. The van der Waals surface area contributed by atoms with Gasteiger partial charge in [0, 0.05) is 30.1 Å². The van der Waals surface area contributed by atoms with Crippen LogP contribution in [0.5, 0.6) is 5.75 Å². The van der Waals surface area contributed by atoms with E-state index >= 15 is 0 Å². The molecule has 2 amide bonds. The fourth-order valence-electron chi connectivity index (χ4n) is 2.01. The Morgan fingerprint density at radius 2 is 2.19 bits per heavy atom. The van der Waals surface area contributed by atoms with E-state index in [0.717, 1.165) is 17.5 Å². The van der Waals surface area contributed by atoms with Gasteiger partial charge in [-0.1, -0.05) is 25.1 Å². The summed E-state index contributed by atoms with van der Waals surface area (Å²) in [7, 11) is 0. The standard InChI is InChI=1S/C18H19ClFN3O3S/c1-3-17-23-15(10-27-17)18(25)21-7-6-11(2)22-16(24)9-26-12-4-5-13(19)14(20)8-12/h4-5,8,10H,2-3,6-7,9H2,1H3,(H,21,25)(H,22,24). The van der Waals surface area contributed by atoms with E-state index in [0.29, 0.717) is 24.4 Å². The summed E-state index contributed by atoms with van der Waals surface area (Å²) in [6, 6.07) is 3.91. The van der Waals surface area contributed by atoms with Gasteiger partial charge in [0.05, 0.1) is 10.0 Å². The van der Waals surface area contributed by atoms with Gasteiger partial charge in [0.25, 0.3) is 11.8 Å². The van der Waals surface area contributed by atoms with Gasteiger partial charge in [0.2, 0.25) is 0 Å². The zero-order valence-corrected chi connectivity index (χ0v) is 16.3. The van der Waals surface area contributed by atoms with Crippen LogP contribution in [-0.2, 0) is 11.2 Å². The summed E-state index contributed by atoms with van der Waals surface area (Å²) >= 11 is 7.02. The second kappa shape index (κ2) is 10.0. The molecule has 0 saturated carbocycles. The molecule has 144 valence electrons. The highest BCUT2D eigenvalue weighted by Crippen LogP contribution is 2.20. The van der Waals surface area contributed by atoms with E-state index < -0.39 is 11.7 Å². The lowest BCUT2D eigenvalue weighted by Gasteiger charge is -2.10. The number of aromatic nitrogens is 1. The van der Waals surface area contributed by atoms with Crippen molar-refractivity contribution in [1.82, 2.24) is 15.6 Å². The van der Waals surface area contributed by atoms with Crippen molar-refractivity contribution in [3.8, 4) is 5.75 Å². The summed E-state index contributed by atoms with van der Waals surface area (Å²) < 4.78 is 18.5. The Balaban J connectivity index is 1.67. The van der Waals surface area contributed by atoms with Crippen LogP contribution in [0.4, 0.5) is 4.39 Å². The molecule has 6 nitrogen and oxygen atoms in total. The molecule has 1 aromatic carbocycles. The lowest BCUT2D eigenvalue weighted by atomic mass is 10.3. The highest BCUT2D eigenvalue weighted by atomic mass is 35.5. The summed E-state index contributed by atoms with van der Waals surface area (Å²) in [6.07, 6.45) is 1.14. The molecule has 0 aliphatic carbocycles. The first-order chi connectivity index (χ1) is 12.9. The zero-order chi connectivity index (χ0) is 19.8. The third-order valence-electron chi connectivity index (χ3n) is 3.38. The van der Waals surface area contributed by atoms with Gasteiger partial charge in [-0.25, -0.2) is 9.37 Å². The first-order valence-corrected chi connectivity index (χ1v) is 9.43. The quantitative estimate of drug-likeness (QED) is 0.663. The number of halogens is 2. The molecule has 2 rings (SSSR count). The van der Waals surface area contributed by atoms with Crippen molar-refractivity contribution in [1.29, 1.82) is 0 Å². The van der Waals surface area contributed by atoms with Gasteiger partial charge < -0.3 is 15.4 Å². The van der Waals surface area contributed by atoms with Crippen LogP contribution < -0.4 is 15.4 Å². The predicted octanol–water partition coefficient (Wildman–Crippen LogP) is 3.33. The zero-order valence-electron chi connectivity index (χ0n) is 14.7. The largest absolute Gasteiger partial charge is 0.484 e. The van der Waals surface area contributed by atoms with Gasteiger partial charge in [-0.15, -0.1) is 11.3 Å². The van der Waals surface area contributed by atoms with Crippen molar-refractivity contribution in [2.24, 2.45) is 0 Å². The number of rotatable bonds is 9. The highest BCUT2D eigenvalue weighted by Gasteiger charge is 2.10. The Kier molecular flexibility index (Phi) is 7.75. The van der Waals surface area contributed by atoms with E-state index in [-0.39, 0.29) is 23.3 Å². The van der Waals surface area contributed by atoms with Crippen LogP contribution >= 0.6 is 22.9 Å². The maximum atomic E-state index is 13.3. The first kappa shape index (κ1) is 20.9. The summed E-state index contributed by atoms with van der Waals surface area (Å²) in [6.45, 7) is 5.71. The Morgan fingerprint density at radius 1 is 1.41 bits per heavy atom. The molecule has 0 fully saturated rings. The molecule has 0 radical (unpaired) electrons. The molecule has 0 aliphatic rings. The van der Waals surface area contributed by atoms with Crippen molar-refractivity contribution in [3.05, 3.63) is 57.4 Å². The molecule has 2 aromatic rings. The Labute approximate surface area is 165 Å². The Morgan fingerprint density at radius 3 is 2.85 bits per heavy atom. The number of nitrogens with zero attached hydrogens (tertiary/aromatic N) is 1. The van der Waals surface area contributed by atoms with Crippen molar-refractivity contribution < 1.29 is 18.7 Å². The molecule has 0 bridgehead atoms. The molecule has 1 aromatic heterocycles.